The minimum atomic E-state index is -0.00523. The molecule has 1 atom stereocenters. The second-order valence-electron chi connectivity index (χ2n) is 5.44. The summed E-state index contributed by atoms with van der Waals surface area (Å²) in [5, 5.41) is 10.1. The van der Waals surface area contributed by atoms with Gasteiger partial charge in [-0.1, -0.05) is 52.4 Å². The van der Waals surface area contributed by atoms with Crippen LogP contribution in [0.3, 0.4) is 0 Å². The molecule has 1 aliphatic rings. The first kappa shape index (κ1) is 13.0. The molecule has 1 nitrogen and oxygen atoms in total. The fourth-order valence-electron chi connectivity index (χ4n) is 2.69. The normalized spacial score (nSPS) is 29.0. The predicted octanol–water partition coefficient (Wildman–Crippen LogP) is 4.14. The first-order chi connectivity index (χ1) is 7.24. The van der Waals surface area contributed by atoms with E-state index in [1.807, 2.05) is 0 Å². The lowest BCUT2D eigenvalue weighted by atomic mass is 9.79. The molecule has 1 saturated carbocycles. The van der Waals surface area contributed by atoms with Crippen molar-refractivity contribution in [2.24, 2.45) is 11.8 Å². The minimum Gasteiger partial charge on any atom is -0.393 e. The van der Waals surface area contributed by atoms with Gasteiger partial charge in [-0.25, -0.2) is 0 Å². The van der Waals surface area contributed by atoms with Crippen molar-refractivity contribution in [3.63, 3.8) is 0 Å². The quantitative estimate of drug-likeness (QED) is 0.656. The highest BCUT2D eigenvalue weighted by Gasteiger charge is 2.23. The van der Waals surface area contributed by atoms with Crippen LogP contribution in [-0.4, -0.2) is 11.2 Å². The van der Waals surface area contributed by atoms with Crippen molar-refractivity contribution >= 4 is 0 Å². The smallest absolute Gasteiger partial charge is 0.0568 e. The van der Waals surface area contributed by atoms with E-state index in [1.165, 1.54) is 51.4 Å². The zero-order valence-corrected chi connectivity index (χ0v) is 10.5. The van der Waals surface area contributed by atoms with Gasteiger partial charge in [0.15, 0.2) is 0 Å². The molecule has 0 aromatic carbocycles. The van der Waals surface area contributed by atoms with Gasteiger partial charge < -0.3 is 5.11 Å². The fraction of sp³-hybridized carbons (Fsp3) is 1.00. The van der Waals surface area contributed by atoms with Gasteiger partial charge >= 0.3 is 0 Å². The molecule has 0 bridgehead atoms. The minimum absolute atomic E-state index is 0.00523. The van der Waals surface area contributed by atoms with Gasteiger partial charge in [-0.15, -0.1) is 0 Å². The molecule has 15 heavy (non-hydrogen) atoms. The van der Waals surface area contributed by atoms with E-state index in [0.717, 1.165) is 12.3 Å². The van der Waals surface area contributed by atoms with Crippen molar-refractivity contribution in [3.05, 3.63) is 0 Å². The molecule has 1 heteroatoms. The van der Waals surface area contributed by atoms with Crippen LogP contribution in [-0.2, 0) is 0 Å². The summed E-state index contributed by atoms with van der Waals surface area (Å²) in [5.74, 6) is 1.51. The van der Waals surface area contributed by atoms with Crippen LogP contribution in [0.5, 0.6) is 0 Å². The average molecular weight is 212 g/mol. The van der Waals surface area contributed by atoms with E-state index < -0.39 is 0 Å². The first-order valence-corrected chi connectivity index (χ1v) is 6.92. The zero-order chi connectivity index (χ0) is 11.1. The molecule has 1 aliphatic carbocycles. The van der Waals surface area contributed by atoms with Crippen LogP contribution in [0.15, 0.2) is 0 Å². The Bertz CT molecular complexity index is 147. The Morgan fingerprint density at radius 1 is 1.07 bits per heavy atom. The molecule has 0 saturated heterocycles. The van der Waals surface area contributed by atoms with E-state index in [4.69, 9.17) is 0 Å². The summed E-state index contributed by atoms with van der Waals surface area (Å²) < 4.78 is 0. The fourth-order valence-corrected chi connectivity index (χ4v) is 2.69. The van der Waals surface area contributed by atoms with Gasteiger partial charge in [-0.3, -0.25) is 0 Å². The molecular weight excluding hydrogens is 184 g/mol. The third kappa shape index (κ3) is 5.01. The van der Waals surface area contributed by atoms with Crippen molar-refractivity contribution in [1.29, 1.82) is 0 Å². The molecular formula is C14H28O. The lowest BCUT2D eigenvalue weighted by Crippen LogP contribution is -2.24. The monoisotopic (exact) mass is 212 g/mol. The third-order valence-corrected chi connectivity index (χ3v) is 3.96. The largest absolute Gasteiger partial charge is 0.393 e. The number of hydrogen-bond acceptors (Lipinski definition) is 1. The Balaban J connectivity index is 2.08. The maximum atomic E-state index is 10.1. The van der Waals surface area contributed by atoms with Crippen LogP contribution < -0.4 is 0 Å². The lowest BCUT2D eigenvalue weighted by molar-refractivity contribution is 0.0665. The SMILES string of the molecule is CCCCCCC(O)C1CCC(C)CC1. The van der Waals surface area contributed by atoms with Crippen molar-refractivity contribution in [2.45, 2.75) is 77.7 Å². The van der Waals surface area contributed by atoms with Crippen molar-refractivity contribution in [3.8, 4) is 0 Å². The van der Waals surface area contributed by atoms with Gasteiger partial charge in [0.25, 0.3) is 0 Å². The van der Waals surface area contributed by atoms with Crippen molar-refractivity contribution in [1.82, 2.24) is 0 Å². The van der Waals surface area contributed by atoms with Gasteiger partial charge in [0.05, 0.1) is 6.10 Å². The van der Waals surface area contributed by atoms with Gasteiger partial charge in [0.2, 0.25) is 0 Å². The van der Waals surface area contributed by atoms with Crippen LogP contribution in [0.1, 0.15) is 71.6 Å². The molecule has 1 rings (SSSR count). The van der Waals surface area contributed by atoms with E-state index in [-0.39, 0.29) is 6.10 Å². The summed E-state index contributed by atoms with van der Waals surface area (Å²) in [5.41, 5.74) is 0. The number of hydrogen-bond donors (Lipinski definition) is 1. The van der Waals surface area contributed by atoms with Crippen LogP contribution in [0.2, 0.25) is 0 Å². The van der Waals surface area contributed by atoms with E-state index in [1.54, 1.807) is 0 Å². The molecule has 0 heterocycles. The van der Waals surface area contributed by atoms with Gasteiger partial charge in [-0.2, -0.15) is 0 Å². The summed E-state index contributed by atoms with van der Waals surface area (Å²) in [7, 11) is 0. The van der Waals surface area contributed by atoms with E-state index >= 15 is 0 Å². The maximum absolute atomic E-state index is 10.1. The Morgan fingerprint density at radius 3 is 2.33 bits per heavy atom. The molecule has 0 aliphatic heterocycles. The molecule has 1 unspecified atom stereocenters. The highest BCUT2D eigenvalue weighted by Crippen LogP contribution is 2.31. The van der Waals surface area contributed by atoms with Crippen LogP contribution in [0.25, 0.3) is 0 Å². The third-order valence-electron chi connectivity index (χ3n) is 3.96. The molecule has 1 fully saturated rings. The van der Waals surface area contributed by atoms with E-state index in [0.29, 0.717) is 5.92 Å². The van der Waals surface area contributed by atoms with E-state index in [2.05, 4.69) is 13.8 Å². The number of rotatable bonds is 6. The lowest BCUT2D eigenvalue weighted by Gasteiger charge is -2.29. The van der Waals surface area contributed by atoms with Gasteiger partial charge in [0, 0.05) is 0 Å². The topological polar surface area (TPSA) is 20.2 Å². The Kier molecular flexibility index (Phi) is 6.31. The molecule has 0 aromatic rings. The van der Waals surface area contributed by atoms with Crippen molar-refractivity contribution < 1.29 is 5.11 Å². The number of aliphatic hydroxyl groups is 1. The number of unbranched alkanes of at least 4 members (excludes halogenated alkanes) is 3. The highest BCUT2D eigenvalue weighted by atomic mass is 16.3. The summed E-state index contributed by atoms with van der Waals surface area (Å²) in [6, 6.07) is 0. The molecule has 0 spiro atoms. The van der Waals surface area contributed by atoms with Crippen LogP contribution in [0, 0.1) is 11.8 Å². The average Bonchev–Trinajstić information content (AvgIpc) is 2.25. The van der Waals surface area contributed by atoms with Crippen molar-refractivity contribution in [2.75, 3.05) is 0 Å². The molecule has 0 aromatic heterocycles. The highest BCUT2D eigenvalue weighted by molar-refractivity contribution is 4.75. The Morgan fingerprint density at radius 2 is 1.73 bits per heavy atom. The first-order valence-electron chi connectivity index (χ1n) is 6.92. The standard InChI is InChI=1S/C14H28O/c1-3-4-5-6-7-14(15)13-10-8-12(2)9-11-13/h12-15H,3-11H2,1-2H3. The van der Waals surface area contributed by atoms with E-state index in [9.17, 15) is 5.11 Å². The molecule has 0 radical (unpaired) electrons. The van der Waals surface area contributed by atoms with Crippen LogP contribution in [0.4, 0.5) is 0 Å². The predicted molar refractivity (Wildman–Crippen MR) is 65.9 cm³/mol. The second-order valence-corrected chi connectivity index (χ2v) is 5.44. The molecule has 1 N–H and O–H groups in total. The van der Waals surface area contributed by atoms with Crippen LogP contribution >= 0.6 is 0 Å². The summed E-state index contributed by atoms with van der Waals surface area (Å²) in [4.78, 5) is 0. The zero-order valence-electron chi connectivity index (χ0n) is 10.5. The maximum Gasteiger partial charge on any atom is 0.0568 e. The molecule has 90 valence electrons. The summed E-state index contributed by atoms with van der Waals surface area (Å²) >= 11 is 0. The van der Waals surface area contributed by atoms with Gasteiger partial charge in [0.1, 0.15) is 0 Å². The van der Waals surface area contributed by atoms with Gasteiger partial charge in [-0.05, 0) is 31.1 Å². The second kappa shape index (κ2) is 7.27. The molecule has 0 amide bonds. The Labute approximate surface area is 95.3 Å². The summed E-state index contributed by atoms with van der Waals surface area (Å²) in [6.07, 6.45) is 11.4. The Hall–Kier alpha value is -0.0400. The summed E-state index contributed by atoms with van der Waals surface area (Å²) in [6.45, 7) is 4.57. The number of aliphatic hydroxyl groups excluding tert-OH is 1.